The van der Waals surface area contributed by atoms with E-state index < -0.39 is 0 Å². The number of likely N-dealkylation sites (N-methyl/N-ethyl adjacent to an activating group) is 1. The lowest BCUT2D eigenvalue weighted by molar-refractivity contribution is 0.732. The van der Waals surface area contributed by atoms with Gasteiger partial charge in [0.25, 0.3) is 0 Å². The maximum atomic E-state index is 4.33. The highest BCUT2D eigenvalue weighted by Gasteiger charge is 2.17. The molecule has 2 N–H and O–H groups in total. The minimum Gasteiger partial charge on any atom is -0.361 e. The third-order valence-electron chi connectivity index (χ3n) is 3.98. The molecule has 0 aliphatic rings. The number of aromatic nitrogens is 1. The molecule has 21 heavy (non-hydrogen) atoms. The second-order valence-corrected chi connectivity index (χ2v) is 5.41. The van der Waals surface area contributed by atoms with Gasteiger partial charge < -0.3 is 10.3 Å². The molecule has 3 rings (SSSR count). The number of benzene rings is 2. The largest absolute Gasteiger partial charge is 0.361 e. The summed E-state index contributed by atoms with van der Waals surface area (Å²) in [4.78, 5) is 3.32. The zero-order chi connectivity index (χ0) is 14.8. The average molecular weight is 276 g/mol. The van der Waals surface area contributed by atoms with E-state index in [1.165, 1.54) is 22.1 Å². The van der Waals surface area contributed by atoms with Gasteiger partial charge >= 0.3 is 0 Å². The second-order valence-electron chi connectivity index (χ2n) is 5.41. The molecule has 1 aromatic heterocycles. The lowest BCUT2D eigenvalue weighted by Gasteiger charge is -2.19. The first-order chi connectivity index (χ1) is 10.2. The molecule has 106 valence electrons. The predicted molar refractivity (Wildman–Crippen MR) is 90.3 cm³/mol. The van der Waals surface area contributed by atoms with Crippen molar-refractivity contribution in [1.29, 1.82) is 0 Å². The molecule has 0 fully saturated rings. The standard InChI is InChI=1S/C19H20N2/c1-13-8-10-15(11-9-13)19(20-3)14(2)17-12-21-18-7-5-4-6-16(17)18/h4-12,19-21H,2H2,1,3H3. The molecule has 0 saturated carbocycles. The molecular weight excluding hydrogens is 256 g/mol. The zero-order valence-electron chi connectivity index (χ0n) is 12.5. The lowest BCUT2D eigenvalue weighted by atomic mass is 9.93. The molecule has 3 aromatic rings. The fourth-order valence-corrected chi connectivity index (χ4v) is 2.79. The minimum absolute atomic E-state index is 0.116. The summed E-state index contributed by atoms with van der Waals surface area (Å²) in [6, 6.07) is 17.1. The Kier molecular flexibility index (Phi) is 3.63. The summed E-state index contributed by atoms with van der Waals surface area (Å²) in [5, 5.41) is 4.59. The van der Waals surface area contributed by atoms with E-state index in [1.54, 1.807) is 0 Å². The molecule has 2 nitrogen and oxygen atoms in total. The van der Waals surface area contributed by atoms with Crippen LogP contribution in [0.2, 0.25) is 0 Å². The summed E-state index contributed by atoms with van der Waals surface area (Å²) >= 11 is 0. The molecule has 0 amide bonds. The monoisotopic (exact) mass is 276 g/mol. The molecule has 0 aliphatic carbocycles. The van der Waals surface area contributed by atoms with E-state index in [1.807, 2.05) is 19.3 Å². The third-order valence-corrected chi connectivity index (χ3v) is 3.98. The van der Waals surface area contributed by atoms with Gasteiger partial charge in [-0.15, -0.1) is 0 Å². The predicted octanol–water partition coefficient (Wildman–Crippen LogP) is 4.45. The number of fused-ring (bicyclic) bond motifs is 1. The quantitative estimate of drug-likeness (QED) is 0.724. The van der Waals surface area contributed by atoms with Gasteiger partial charge in [-0.3, -0.25) is 0 Å². The molecule has 2 heteroatoms. The van der Waals surface area contributed by atoms with Crippen LogP contribution in [-0.2, 0) is 0 Å². The first kappa shape index (κ1) is 13.7. The van der Waals surface area contributed by atoms with Crippen molar-refractivity contribution < 1.29 is 0 Å². The summed E-state index contributed by atoms with van der Waals surface area (Å²) in [7, 11) is 1.98. The number of hydrogen-bond donors (Lipinski definition) is 2. The van der Waals surface area contributed by atoms with Crippen LogP contribution >= 0.6 is 0 Å². The summed E-state index contributed by atoms with van der Waals surface area (Å²) < 4.78 is 0. The van der Waals surface area contributed by atoms with Crippen LogP contribution in [0.25, 0.3) is 16.5 Å². The van der Waals surface area contributed by atoms with Gasteiger partial charge in [-0.25, -0.2) is 0 Å². The van der Waals surface area contributed by atoms with Gasteiger partial charge in [0.2, 0.25) is 0 Å². The molecule has 0 radical (unpaired) electrons. The molecule has 1 atom stereocenters. The van der Waals surface area contributed by atoms with Crippen LogP contribution in [0.5, 0.6) is 0 Å². The highest BCUT2D eigenvalue weighted by Crippen LogP contribution is 2.32. The maximum absolute atomic E-state index is 4.33. The van der Waals surface area contributed by atoms with Crippen molar-refractivity contribution in [2.24, 2.45) is 0 Å². The van der Waals surface area contributed by atoms with Crippen molar-refractivity contribution in [3.63, 3.8) is 0 Å². The molecule has 0 spiro atoms. The maximum Gasteiger partial charge on any atom is 0.0575 e. The molecule has 0 saturated heterocycles. The van der Waals surface area contributed by atoms with E-state index in [0.29, 0.717) is 0 Å². The van der Waals surface area contributed by atoms with Crippen molar-refractivity contribution >= 4 is 16.5 Å². The van der Waals surface area contributed by atoms with Gasteiger partial charge in [0.05, 0.1) is 6.04 Å². The van der Waals surface area contributed by atoms with E-state index in [0.717, 1.165) is 11.1 Å². The Morgan fingerprint density at radius 2 is 1.81 bits per heavy atom. The Labute approximate surface area is 125 Å². The van der Waals surface area contributed by atoms with E-state index >= 15 is 0 Å². The van der Waals surface area contributed by atoms with Crippen molar-refractivity contribution in [2.45, 2.75) is 13.0 Å². The smallest absolute Gasteiger partial charge is 0.0575 e. The van der Waals surface area contributed by atoms with Crippen molar-refractivity contribution in [2.75, 3.05) is 7.05 Å². The Morgan fingerprint density at radius 1 is 1.10 bits per heavy atom. The van der Waals surface area contributed by atoms with Crippen LogP contribution in [0.3, 0.4) is 0 Å². The molecular formula is C19H20N2. The van der Waals surface area contributed by atoms with E-state index in [9.17, 15) is 0 Å². The summed E-state index contributed by atoms with van der Waals surface area (Å²) in [6.45, 7) is 6.44. The van der Waals surface area contributed by atoms with E-state index in [-0.39, 0.29) is 6.04 Å². The van der Waals surface area contributed by atoms with Crippen LogP contribution in [-0.4, -0.2) is 12.0 Å². The number of aryl methyl sites for hydroxylation is 1. The molecule has 2 aromatic carbocycles. The van der Waals surface area contributed by atoms with Crippen LogP contribution < -0.4 is 5.32 Å². The second kappa shape index (κ2) is 5.58. The number of hydrogen-bond acceptors (Lipinski definition) is 1. The van der Waals surface area contributed by atoms with Crippen molar-refractivity contribution in [1.82, 2.24) is 10.3 Å². The van der Waals surface area contributed by atoms with Crippen molar-refractivity contribution in [3.8, 4) is 0 Å². The average Bonchev–Trinajstić information content (AvgIpc) is 2.94. The van der Waals surface area contributed by atoms with E-state index in [4.69, 9.17) is 0 Å². The molecule has 0 aliphatic heterocycles. The Balaban J connectivity index is 2.01. The fraction of sp³-hybridized carbons (Fsp3) is 0.158. The SMILES string of the molecule is C=C(c1c[nH]c2ccccc12)C(NC)c1ccc(C)cc1. The summed E-state index contributed by atoms with van der Waals surface area (Å²) in [6.07, 6.45) is 2.05. The van der Waals surface area contributed by atoms with Gasteiger partial charge in [0.15, 0.2) is 0 Å². The molecule has 1 unspecified atom stereocenters. The van der Waals surface area contributed by atoms with Crippen molar-refractivity contribution in [3.05, 3.63) is 78.0 Å². The zero-order valence-corrected chi connectivity index (χ0v) is 12.5. The normalized spacial score (nSPS) is 12.5. The van der Waals surface area contributed by atoms with Crippen LogP contribution in [0.4, 0.5) is 0 Å². The summed E-state index contributed by atoms with van der Waals surface area (Å²) in [5.74, 6) is 0. The van der Waals surface area contributed by atoms with Crippen LogP contribution in [0, 0.1) is 6.92 Å². The van der Waals surface area contributed by atoms with Crippen LogP contribution in [0.1, 0.15) is 22.7 Å². The topological polar surface area (TPSA) is 27.8 Å². The third kappa shape index (κ3) is 2.50. The molecule has 1 heterocycles. The first-order valence-electron chi connectivity index (χ1n) is 7.20. The number of aromatic amines is 1. The highest BCUT2D eigenvalue weighted by atomic mass is 14.9. The van der Waals surface area contributed by atoms with E-state index in [2.05, 4.69) is 66.3 Å². The van der Waals surface area contributed by atoms with Gasteiger partial charge in [0.1, 0.15) is 0 Å². The first-order valence-corrected chi connectivity index (χ1v) is 7.20. The number of para-hydroxylation sites is 1. The van der Waals surface area contributed by atoms with Gasteiger partial charge in [-0.2, -0.15) is 0 Å². The Bertz CT molecular complexity index is 766. The van der Waals surface area contributed by atoms with Gasteiger partial charge in [0, 0.05) is 22.7 Å². The molecule has 0 bridgehead atoms. The Morgan fingerprint density at radius 3 is 2.52 bits per heavy atom. The van der Waals surface area contributed by atoms with Gasteiger partial charge in [-0.05, 0) is 31.2 Å². The number of nitrogens with one attached hydrogen (secondary N) is 2. The highest BCUT2D eigenvalue weighted by molar-refractivity contribution is 5.93. The minimum atomic E-state index is 0.116. The Hall–Kier alpha value is -2.32. The van der Waals surface area contributed by atoms with Crippen LogP contribution in [0.15, 0.2) is 61.3 Å². The fourth-order valence-electron chi connectivity index (χ4n) is 2.79. The number of H-pyrrole nitrogens is 1. The summed E-state index contributed by atoms with van der Waals surface area (Å²) in [5.41, 5.74) is 5.90. The van der Waals surface area contributed by atoms with Gasteiger partial charge in [-0.1, -0.05) is 54.6 Å². The lowest BCUT2D eigenvalue weighted by Crippen LogP contribution is -2.17. The number of rotatable bonds is 4.